The van der Waals surface area contributed by atoms with E-state index in [0.29, 0.717) is 11.7 Å². The van der Waals surface area contributed by atoms with Crippen molar-refractivity contribution in [3.63, 3.8) is 0 Å². The lowest BCUT2D eigenvalue weighted by atomic mass is 10.0. The van der Waals surface area contributed by atoms with E-state index in [1.807, 2.05) is 39.8 Å². The number of hydrogen-bond donors (Lipinski definition) is 1. The molecule has 1 aliphatic carbocycles. The Morgan fingerprint density at radius 3 is 2.58 bits per heavy atom. The molecule has 4 rings (SSSR count). The van der Waals surface area contributed by atoms with Gasteiger partial charge >= 0.3 is 0 Å². The molecule has 0 radical (unpaired) electrons. The molecule has 1 aromatic heterocycles. The average Bonchev–Trinajstić information content (AvgIpc) is 3.34. The number of benzene rings is 1. The number of para-hydroxylation sites is 1. The van der Waals surface area contributed by atoms with Gasteiger partial charge in [-0.05, 0) is 50.3 Å². The molecule has 126 valence electrons. The molecule has 2 aromatic rings. The smallest absolute Gasteiger partial charge is 0.272 e. The highest BCUT2D eigenvalue weighted by Crippen LogP contribution is 2.28. The summed E-state index contributed by atoms with van der Waals surface area (Å²) in [5.41, 5.74) is 1.62. The first-order valence-corrected chi connectivity index (χ1v) is 8.91. The predicted octanol–water partition coefficient (Wildman–Crippen LogP) is 2.48. The second kappa shape index (κ2) is 6.77. The van der Waals surface area contributed by atoms with Gasteiger partial charge in [0, 0.05) is 24.8 Å². The average molecular weight is 324 g/mol. The first kappa shape index (κ1) is 15.4. The maximum absolute atomic E-state index is 12.9. The van der Waals surface area contributed by atoms with Crippen molar-refractivity contribution in [1.82, 2.24) is 19.8 Å². The first-order valence-electron chi connectivity index (χ1n) is 8.91. The van der Waals surface area contributed by atoms with E-state index in [2.05, 4.69) is 10.3 Å². The minimum absolute atomic E-state index is 0.0806. The summed E-state index contributed by atoms with van der Waals surface area (Å²) in [5.74, 6) is 0.988. The van der Waals surface area contributed by atoms with Crippen molar-refractivity contribution in [2.75, 3.05) is 19.6 Å². The normalized spacial score (nSPS) is 18.8. The third-order valence-corrected chi connectivity index (χ3v) is 5.07. The number of rotatable bonds is 5. The van der Waals surface area contributed by atoms with Gasteiger partial charge in [0.15, 0.2) is 0 Å². The Balaban J connectivity index is 1.39. The van der Waals surface area contributed by atoms with Crippen molar-refractivity contribution in [2.45, 2.75) is 31.7 Å². The molecule has 5 nitrogen and oxygen atoms in total. The second-order valence-corrected chi connectivity index (χ2v) is 6.90. The summed E-state index contributed by atoms with van der Waals surface area (Å²) >= 11 is 0. The van der Waals surface area contributed by atoms with Gasteiger partial charge in [0.1, 0.15) is 5.69 Å². The van der Waals surface area contributed by atoms with Crippen LogP contribution in [-0.2, 0) is 0 Å². The summed E-state index contributed by atoms with van der Waals surface area (Å²) in [6.45, 7) is 2.79. The molecule has 5 heteroatoms. The van der Waals surface area contributed by atoms with Gasteiger partial charge in [0.25, 0.3) is 5.91 Å². The van der Waals surface area contributed by atoms with E-state index < -0.39 is 0 Å². The third kappa shape index (κ3) is 3.36. The van der Waals surface area contributed by atoms with E-state index in [1.54, 1.807) is 12.5 Å². The summed E-state index contributed by atoms with van der Waals surface area (Å²) in [5, 5.41) is 3.66. The Labute approximate surface area is 142 Å². The van der Waals surface area contributed by atoms with Crippen molar-refractivity contribution < 1.29 is 4.79 Å². The van der Waals surface area contributed by atoms with Crippen LogP contribution in [0, 0.1) is 5.92 Å². The van der Waals surface area contributed by atoms with Crippen LogP contribution >= 0.6 is 0 Å². The fraction of sp³-hybridized carbons (Fsp3) is 0.474. The zero-order valence-corrected chi connectivity index (χ0v) is 13.9. The molecular weight excluding hydrogens is 300 g/mol. The van der Waals surface area contributed by atoms with E-state index in [4.69, 9.17) is 0 Å². The van der Waals surface area contributed by atoms with Crippen LogP contribution in [0.25, 0.3) is 5.69 Å². The summed E-state index contributed by atoms with van der Waals surface area (Å²) in [6.07, 6.45) is 8.23. The Hall–Kier alpha value is -2.14. The molecule has 0 spiro atoms. The minimum Gasteiger partial charge on any atom is -0.337 e. The zero-order chi connectivity index (χ0) is 16.4. The van der Waals surface area contributed by atoms with Crippen LogP contribution in [0.4, 0.5) is 0 Å². The molecule has 0 unspecified atom stereocenters. The van der Waals surface area contributed by atoms with Crippen LogP contribution in [0.2, 0.25) is 0 Å². The number of carbonyl (C=O) groups excluding carboxylic acids is 1. The van der Waals surface area contributed by atoms with Gasteiger partial charge in [-0.3, -0.25) is 9.36 Å². The molecule has 1 amide bonds. The summed E-state index contributed by atoms with van der Waals surface area (Å²) < 4.78 is 1.87. The van der Waals surface area contributed by atoms with Gasteiger partial charge < -0.3 is 10.2 Å². The zero-order valence-electron chi connectivity index (χ0n) is 13.9. The number of likely N-dealkylation sites (tertiary alicyclic amines) is 1. The monoisotopic (exact) mass is 324 g/mol. The van der Waals surface area contributed by atoms with Crippen molar-refractivity contribution in [3.05, 3.63) is 48.5 Å². The number of hydrogen-bond acceptors (Lipinski definition) is 3. The Bertz CT molecular complexity index is 684. The highest BCUT2D eigenvalue weighted by atomic mass is 16.2. The fourth-order valence-electron chi connectivity index (χ4n) is 3.35. The number of nitrogens with one attached hydrogen (secondary N) is 1. The second-order valence-electron chi connectivity index (χ2n) is 6.90. The predicted molar refractivity (Wildman–Crippen MR) is 93.2 cm³/mol. The SMILES string of the molecule is O=C(c1cncn1-c1ccccc1)N1CCC(NCC2CC2)CC1. The maximum Gasteiger partial charge on any atom is 0.272 e. The molecule has 0 atom stereocenters. The number of imidazole rings is 1. The molecule has 1 aromatic carbocycles. The lowest BCUT2D eigenvalue weighted by Gasteiger charge is -2.32. The molecule has 0 bridgehead atoms. The number of aromatic nitrogens is 2. The van der Waals surface area contributed by atoms with Crippen LogP contribution in [0.3, 0.4) is 0 Å². The molecule has 1 N–H and O–H groups in total. The quantitative estimate of drug-likeness (QED) is 0.919. The fourth-order valence-corrected chi connectivity index (χ4v) is 3.35. The maximum atomic E-state index is 12.9. The number of piperidine rings is 1. The molecule has 24 heavy (non-hydrogen) atoms. The number of carbonyl (C=O) groups is 1. The van der Waals surface area contributed by atoms with Gasteiger partial charge in [-0.15, -0.1) is 0 Å². The third-order valence-electron chi connectivity index (χ3n) is 5.07. The highest BCUT2D eigenvalue weighted by Gasteiger charge is 2.27. The van der Waals surface area contributed by atoms with Crippen LogP contribution in [-0.4, -0.2) is 46.0 Å². The number of nitrogens with zero attached hydrogens (tertiary/aromatic N) is 3. The Kier molecular flexibility index (Phi) is 4.34. The van der Waals surface area contributed by atoms with E-state index in [1.165, 1.54) is 12.8 Å². The molecule has 2 heterocycles. The minimum atomic E-state index is 0.0806. The summed E-state index contributed by atoms with van der Waals surface area (Å²) in [7, 11) is 0. The largest absolute Gasteiger partial charge is 0.337 e. The topological polar surface area (TPSA) is 50.2 Å². The highest BCUT2D eigenvalue weighted by molar-refractivity contribution is 5.93. The standard InChI is InChI=1S/C19H24N4O/c24-19(18-13-20-14-23(18)17-4-2-1-3-5-17)22-10-8-16(9-11-22)21-12-15-6-7-15/h1-5,13-16,21H,6-12H2. The molecule has 2 fully saturated rings. The van der Waals surface area contributed by atoms with Gasteiger partial charge in [-0.25, -0.2) is 4.98 Å². The van der Waals surface area contributed by atoms with Crippen LogP contribution in [0.15, 0.2) is 42.9 Å². The lowest BCUT2D eigenvalue weighted by Crippen LogP contribution is -2.45. The van der Waals surface area contributed by atoms with Gasteiger partial charge in [0.2, 0.25) is 0 Å². The molecule has 1 saturated heterocycles. The van der Waals surface area contributed by atoms with E-state index >= 15 is 0 Å². The van der Waals surface area contributed by atoms with E-state index in [-0.39, 0.29) is 5.91 Å². The van der Waals surface area contributed by atoms with E-state index in [9.17, 15) is 4.79 Å². The molecule has 1 aliphatic heterocycles. The van der Waals surface area contributed by atoms with Crippen molar-refractivity contribution in [3.8, 4) is 5.69 Å². The van der Waals surface area contributed by atoms with Crippen molar-refractivity contribution in [1.29, 1.82) is 0 Å². The first-order chi connectivity index (χ1) is 11.8. The van der Waals surface area contributed by atoms with Gasteiger partial charge in [-0.1, -0.05) is 18.2 Å². The number of amides is 1. The van der Waals surface area contributed by atoms with E-state index in [0.717, 1.165) is 44.1 Å². The summed E-state index contributed by atoms with van der Waals surface area (Å²) in [4.78, 5) is 19.0. The molecular formula is C19H24N4O. The lowest BCUT2D eigenvalue weighted by molar-refractivity contribution is 0.0697. The van der Waals surface area contributed by atoms with Crippen molar-refractivity contribution in [2.24, 2.45) is 5.92 Å². The van der Waals surface area contributed by atoms with Gasteiger partial charge in [-0.2, -0.15) is 0 Å². The van der Waals surface area contributed by atoms with Crippen LogP contribution < -0.4 is 5.32 Å². The van der Waals surface area contributed by atoms with Crippen LogP contribution in [0.5, 0.6) is 0 Å². The Morgan fingerprint density at radius 2 is 1.88 bits per heavy atom. The summed E-state index contributed by atoms with van der Waals surface area (Å²) in [6, 6.07) is 10.5. The van der Waals surface area contributed by atoms with Gasteiger partial charge in [0.05, 0.1) is 12.5 Å². The molecule has 2 aliphatic rings. The Morgan fingerprint density at radius 1 is 1.12 bits per heavy atom. The van der Waals surface area contributed by atoms with Crippen molar-refractivity contribution >= 4 is 5.91 Å². The van der Waals surface area contributed by atoms with Crippen LogP contribution in [0.1, 0.15) is 36.2 Å². The molecule has 1 saturated carbocycles.